The van der Waals surface area contributed by atoms with Gasteiger partial charge in [0.25, 0.3) is 5.91 Å². The molecule has 0 atom stereocenters. The van der Waals surface area contributed by atoms with Crippen molar-refractivity contribution in [3.05, 3.63) is 59.9 Å². The van der Waals surface area contributed by atoms with Crippen LogP contribution in [0.15, 0.2) is 48.5 Å². The van der Waals surface area contributed by atoms with Crippen molar-refractivity contribution in [1.82, 2.24) is 0 Å². The van der Waals surface area contributed by atoms with Gasteiger partial charge in [0.05, 0.1) is 0 Å². The maximum absolute atomic E-state index is 13.0. The largest absolute Gasteiger partial charge is 0.484 e. The molecule has 0 aliphatic carbocycles. The highest BCUT2D eigenvalue weighted by molar-refractivity contribution is 5.91. The number of carbonyl (C=O) groups excluding carboxylic acids is 1. The minimum Gasteiger partial charge on any atom is -0.484 e. The standard InChI is InChI=1S/C18H20FNO2/c1-18(2,3)13-7-9-15(10-8-13)20-17(21)12-22-16-6-4-5-14(19)11-16/h4-11H,12H2,1-3H3,(H,20,21). The first-order chi connectivity index (χ1) is 10.3. The van der Waals surface area contributed by atoms with Gasteiger partial charge >= 0.3 is 0 Å². The van der Waals surface area contributed by atoms with Gasteiger partial charge in [0.2, 0.25) is 0 Å². The van der Waals surface area contributed by atoms with Gasteiger partial charge in [-0.1, -0.05) is 39.0 Å². The first-order valence-corrected chi connectivity index (χ1v) is 7.13. The molecule has 0 spiro atoms. The summed E-state index contributed by atoms with van der Waals surface area (Å²) >= 11 is 0. The van der Waals surface area contributed by atoms with E-state index in [9.17, 15) is 9.18 Å². The van der Waals surface area contributed by atoms with Gasteiger partial charge < -0.3 is 10.1 Å². The molecule has 0 aliphatic rings. The van der Waals surface area contributed by atoms with E-state index in [0.717, 1.165) is 0 Å². The van der Waals surface area contributed by atoms with E-state index in [0.29, 0.717) is 11.4 Å². The van der Waals surface area contributed by atoms with Gasteiger partial charge in [0, 0.05) is 11.8 Å². The molecular formula is C18H20FNO2. The summed E-state index contributed by atoms with van der Waals surface area (Å²) < 4.78 is 18.2. The maximum Gasteiger partial charge on any atom is 0.262 e. The molecule has 0 fully saturated rings. The highest BCUT2D eigenvalue weighted by Crippen LogP contribution is 2.23. The number of anilines is 1. The summed E-state index contributed by atoms with van der Waals surface area (Å²) in [6.45, 7) is 6.23. The van der Waals surface area contributed by atoms with Gasteiger partial charge in [-0.2, -0.15) is 0 Å². The number of hydrogen-bond donors (Lipinski definition) is 1. The van der Waals surface area contributed by atoms with Crippen molar-refractivity contribution in [2.24, 2.45) is 0 Å². The molecule has 4 heteroatoms. The van der Waals surface area contributed by atoms with Gasteiger partial charge in [0.1, 0.15) is 11.6 Å². The minimum atomic E-state index is -0.393. The number of hydrogen-bond acceptors (Lipinski definition) is 2. The molecule has 0 saturated carbocycles. The maximum atomic E-state index is 13.0. The zero-order valence-electron chi connectivity index (χ0n) is 13.0. The third kappa shape index (κ3) is 4.58. The average Bonchev–Trinajstić information content (AvgIpc) is 2.45. The normalized spacial score (nSPS) is 11.1. The first-order valence-electron chi connectivity index (χ1n) is 7.13. The van der Waals surface area contributed by atoms with Gasteiger partial charge in [-0.15, -0.1) is 0 Å². The predicted molar refractivity (Wildman–Crippen MR) is 85.7 cm³/mol. The number of ether oxygens (including phenoxy) is 1. The number of carbonyl (C=O) groups is 1. The number of halogens is 1. The van der Waals surface area contributed by atoms with Gasteiger partial charge in [-0.3, -0.25) is 4.79 Å². The smallest absolute Gasteiger partial charge is 0.262 e. The van der Waals surface area contributed by atoms with E-state index in [4.69, 9.17) is 4.74 Å². The van der Waals surface area contributed by atoms with Crippen molar-refractivity contribution in [3.63, 3.8) is 0 Å². The number of nitrogens with one attached hydrogen (secondary N) is 1. The molecule has 22 heavy (non-hydrogen) atoms. The summed E-state index contributed by atoms with van der Waals surface area (Å²) in [7, 11) is 0. The van der Waals surface area contributed by atoms with Crippen LogP contribution in [0.2, 0.25) is 0 Å². The lowest BCUT2D eigenvalue weighted by atomic mass is 9.87. The molecule has 0 aliphatic heterocycles. The Hall–Kier alpha value is -2.36. The fourth-order valence-corrected chi connectivity index (χ4v) is 1.96. The molecule has 0 radical (unpaired) electrons. The molecule has 2 aromatic carbocycles. The minimum absolute atomic E-state index is 0.0725. The van der Waals surface area contributed by atoms with Gasteiger partial charge in [-0.25, -0.2) is 4.39 Å². The van der Waals surface area contributed by atoms with E-state index in [2.05, 4.69) is 26.1 Å². The highest BCUT2D eigenvalue weighted by Gasteiger charge is 2.13. The number of amides is 1. The summed E-state index contributed by atoms with van der Waals surface area (Å²) in [5, 5.41) is 2.75. The Balaban J connectivity index is 1.89. The second kappa shape index (κ2) is 6.60. The van der Waals surface area contributed by atoms with E-state index >= 15 is 0 Å². The molecule has 3 nitrogen and oxygen atoms in total. The quantitative estimate of drug-likeness (QED) is 0.921. The molecule has 0 saturated heterocycles. The summed E-state index contributed by atoms with van der Waals surface area (Å²) in [4.78, 5) is 11.8. The number of rotatable bonds is 4. The van der Waals surface area contributed by atoms with E-state index in [1.54, 1.807) is 6.07 Å². The second-order valence-corrected chi connectivity index (χ2v) is 6.12. The Morgan fingerprint density at radius 2 is 1.82 bits per heavy atom. The van der Waals surface area contributed by atoms with Crippen molar-refractivity contribution >= 4 is 11.6 Å². The van der Waals surface area contributed by atoms with Crippen LogP contribution in [0.3, 0.4) is 0 Å². The Bertz CT molecular complexity index is 645. The lowest BCUT2D eigenvalue weighted by Crippen LogP contribution is -2.20. The second-order valence-electron chi connectivity index (χ2n) is 6.12. The van der Waals surface area contributed by atoms with E-state index in [1.807, 2.05) is 24.3 Å². The molecule has 116 valence electrons. The van der Waals surface area contributed by atoms with Crippen molar-refractivity contribution in [1.29, 1.82) is 0 Å². The Morgan fingerprint density at radius 3 is 2.41 bits per heavy atom. The molecule has 2 aromatic rings. The van der Waals surface area contributed by atoms with E-state index in [1.165, 1.54) is 23.8 Å². The Morgan fingerprint density at radius 1 is 1.14 bits per heavy atom. The predicted octanol–water partition coefficient (Wildman–Crippen LogP) is 4.14. The zero-order valence-corrected chi connectivity index (χ0v) is 13.0. The molecule has 0 heterocycles. The van der Waals surface area contributed by atoms with E-state index in [-0.39, 0.29) is 17.9 Å². The third-order valence-electron chi connectivity index (χ3n) is 3.20. The van der Waals surface area contributed by atoms with E-state index < -0.39 is 5.82 Å². The SMILES string of the molecule is CC(C)(C)c1ccc(NC(=O)COc2cccc(F)c2)cc1. The molecule has 0 unspecified atom stereocenters. The Labute approximate surface area is 130 Å². The van der Waals surface area contributed by atoms with Crippen molar-refractivity contribution < 1.29 is 13.9 Å². The highest BCUT2D eigenvalue weighted by atomic mass is 19.1. The fraction of sp³-hybridized carbons (Fsp3) is 0.278. The van der Waals surface area contributed by atoms with Crippen molar-refractivity contribution in [2.45, 2.75) is 26.2 Å². The molecule has 1 N–H and O–H groups in total. The lowest BCUT2D eigenvalue weighted by molar-refractivity contribution is -0.118. The van der Waals surface area contributed by atoms with Crippen molar-refractivity contribution in [3.8, 4) is 5.75 Å². The fourth-order valence-electron chi connectivity index (χ4n) is 1.96. The summed E-state index contributed by atoms with van der Waals surface area (Å²) in [6.07, 6.45) is 0. The van der Waals surface area contributed by atoms with Crippen LogP contribution in [-0.2, 0) is 10.2 Å². The first kappa shape index (κ1) is 16.0. The summed E-state index contributed by atoms with van der Waals surface area (Å²) in [6, 6.07) is 13.4. The Kier molecular flexibility index (Phi) is 4.81. The topological polar surface area (TPSA) is 38.3 Å². The molecule has 0 aromatic heterocycles. The zero-order chi connectivity index (χ0) is 16.2. The van der Waals surface area contributed by atoms with Crippen LogP contribution < -0.4 is 10.1 Å². The van der Waals surface area contributed by atoms with Crippen LogP contribution in [0.4, 0.5) is 10.1 Å². The van der Waals surface area contributed by atoms with Crippen molar-refractivity contribution in [2.75, 3.05) is 11.9 Å². The van der Waals surface area contributed by atoms with Crippen LogP contribution in [0.5, 0.6) is 5.75 Å². The molecule has 2 rings (SSSR count). The average molecular weight is 301 g/mol. The summed E-state index contributed by atoms with van der Waals surface area (Å²) in [5.41, 5.74) is 1.98. The van der Waals surface area contributed by atoms with Crippen LogP contribution in [0.1, 0.15) is 26.3 Å². The third-order valence-corrected chi connectivity index (χ3v) is 3.20. The van der Waals surface area contributed by atoms with Gasteiger partial charge in [-0.05, 0) is 35.2 Å². The molecular weight excluding hydrogens is 281 g/mol. The van der Waals surface area contributed by atoms with Crippen LogP contribution in [0.25, 0.3) is 0 Å². The van der Waals surface area contributed by atoms with Crippen LogP contribution in [0, 0.1) is 5.82 Å². The van der Waals surface area contributed by atoms with Crippen LogP contribution in [-0.4, -0.2) is 12.5 Å². The van der Waals surface area contributed by atoms with Gasteiger partial charge in [0.15, 0.2) is 6.61 Å². The lowest BCUT2D eigenvalue weighted by Gasteiger charge is -2.19. The monoisotopic (exact) mass is 301 g/mol. The molecule has 1 amide bonds. The van der Waals surface area contributed by atoms with Crippen LogP contribution >= 0.6 is 0 Å². The molecule has 0 bridgehead atoms. The number of benzene rings is 2. The summed E-state index contributed by atoms with van der Waals surface area (Å²) in [5.74, 6) is -0.346.